The maximum absolute atomic E-state index is 11.5. The van der Waals surface area contributed by atoms with E-state index in [1.807, 2.05) is 6.92 Å². The average Bonchev–Trinajstić information content (AvgIpc) is 3.08. The van der Waals surface area contributed by atoms with Crippen LogP contribution in [0.2, 0.25) is 0 Å². The molecular formula is C12H21N5O2. The summed E-state index contributed by atoms with van der Waals surface area (Å²) in [6, 6.07) is 0.667. The van der Waals surface area contributed by atoms with Crippen LogP contribution in [-0.4, -0.2) is 35.2 Å². The van der Waals surface area contributed by atoms with Gasteiger partial charge in [0.05, 0.1) is 12.6 Å². The first kappa shape index (κ1) is 13.8. The van der Waals surface area contributed by atoms with Crippen LogP contribution in [-0.2, 0) is 4.79 Å². The van der Waals surface area contributed by atoms with E-state index in [1.54, 1.807) is 0 Å². The molecule has 106 valence electrons. The number of rotatable bonds is 8. The standard InChI is InChI=1S/C12H21N5O2/c1-3-6-13-8(2)11-16-17-12(19-11)14-7-10(18)15-9-4-5-9/h8-9,13H,3-7H2,1-2H3,(H,14,17)(H,15,18). The lowest BCUT2D eigenvalue weighted by Gasteiger charge is -2.07. The molecule has 1 saturated carbocycles. The van der Waals surface area contributed by atoms with Crippen molar-refractivity contribution in [2.75, 3.05) is 18.4 Å². The van der Waals surface area contributed by atoms with Crippen molar-refractivity contribution in [1.29, 1.82) is 0 Å². The number of nitrogens with one attached hydrogen (secondary N) is 3. The molecule has 2 rings (SSSR count). The number of hydrogen-bond donors (Lipinski definition) is 3. The number of anilines is 1. The van der Waals surface area contributed by atoms with Gasteiger partial charge in [-0.05, 0) is 32.7 Å². The molecule has 1 aliphatic rings. The molecular weight excluding hydrogens is 246 g/mol. The predicted octanol–water partition coefficient (Wildman–Crippen LogP) is 0.821. The first-order valence-electron chi connectivity index (χ1n) is 6.79. The Hall–Kier alpha value is -1.63. The molecule has 0 radical (unpaired) electrons. The summed E-state index contributed by atoms with van der Waals surface area (Å²) in [5.41, 5.74) is 0. The van der Waals surface area contributed by atoms with Crippen molar-refractivity contribution in [3.05, 3.63) is 5.89 Å². The highest BCUT2D eigenvalue weighted by atomic mass is 16.4. The summed E-state index contributed by atoms with van der Waals surface area (Å²) >= 11 is 0. The van der Waals surface area contributed by atoms with Crippen LogP contribution in [0.25, 0.3) is 0 Å². The van der Waals surface area contributed by atoms with Gasteiger partial charge in [0.15, 0.2) is 0 Å². The van der Waals surface area contributed by atoms with Crippen molar-refractivity contribution in [3.63, 3.8) is 0 Å². The van der Waals surface area contributed by atoms with Gasteiger partial charge in [0.25, 0.3) is 0 Å². The minimum Gasteiger partial charge on any atom is -0.406 e. The lowest BCUT2D eigenvalue weighted by molar-refractivity contribution is -0.119. The highest BCUT2D eigenvalue weighted by Gasteiger charge is 2.23. The minimum atomic E-state index is -0.0422. The molecule has 1 aliphatic carbocycles. The molecule has 1 heterocycles. The maximum atomic E-state index is 11.5. The maximum Gasteiger partial charge on any atom is 0.315 e. The van der Waals surface area contributed by atoms with Gasteiger partial charge in [-0.1, -0.05) is 12.0 Å². The van der Waals surface area contributed by atoms with E-state index in [1.165, 1.54) is 0 Å². The van der Waals surface area contributed by atoms with Gasteiger partial charge in [-0.15, -0.1) is 5.10 Å². The summed E-state index contributed by atoms with van der Waals surface area (Å²) in [6.45, 7) is 5.12. The lowest BCUT2D eigenvalue weighted by atomic mass is 10.3. The number of aromatic nitrogens is 2. The van der Waals surface area contributed by atoms with Crippen LogP contribution < -0.4 is 16.0 Å². The molecule has 0 aliphatic heterocycles. The molecule has 0 saturated heterocycles. The molecule has 1 fully saturated rings. The van der Waals surface area contributed by atoms with E-state index >= 15 is 0 Å². The largest absolute Gasteiger partial charge is 0.406 e. The Kier molecular flexibility index (Phi) is 4.73. The number of hydrogen-bond acceptors (Lipinski definition) is 6. The van der Waals surface area contributed by atoms with Gasteiger partial charge in [0.1, 0.15) is 0 Å². The number of carbonyl (C=O) groups excluding carboxylic acids is 1. The molecule has 0 aromatic carbocycles. The molecule has 1 unspecified atom stereocenters. The van der Waals surface area contributed by atoms with Crippen molar-refractivity contribution in [1.82, 2.24) is 20.8 Å². The Morgan fingerprint density at radius 3 is 2.95 bits per heavy atom. The van der Waals surface area contributed by atoms with Gasteiger partial charge in [0.2, 0.25) is 11.8 Å². The Balaban J connectivity index is 1.74. The van der Waals surface area contributed by atoms with Crippen LogP contribution >= 0.6 is 0 Å². The molecule has 0 bridgehead atoms. The van der Waals surface area contributed by atoms with Crippen molar-refractivity contribution in [2.24, 2.45) is 0 Å². The fourth-order valence-corrected chi connectivity index (χ4v) is 1.59. The van der Waals surface area contributed by atoms with Crippen LogP contribution in [0.5, 0.6) is 0 Å². The van der Waals surface area contributed by atoms with Crippen molar-refractivity contribution in [3.8, 4) is 0 Å². The monoisotopic (exact) mass is 267 g/mol. The summed E-state index contributed by atoms with van der Waals surface area (Å²) in [5, 5.41) is 16.8. The smallest absolute Gasteiger partial charge is 0.315 e. The fourth-order valence-electron chi connectivity index (χ4n) is 1.59. The lowest BCUT2D eigenvalue weighted by Crippen LogP contribution is -2.31. The zero-order valence-corrected chi connectivity index (χ0v) is 11.4. The van der Waals surface area contributed by atoms with Gasteiger partial charge in [0, 0.05) is 6.04 Å². The highest BCUT2D eigenvalue weighted by molar-refractivity contribution is 5.80. The van der Waals surface area contributed by atoms with E-state index < -0.39 is 0 Å². The van der Waals surface area contributed by atoms with E-state index in [0.717, 1.165) is 25.8 Å². The molecule has 7 heteroatoms. The van der Waals surface area contributed by atoms with Gasteiger partial charge in [-0.25, -0.2) is 0 Å². The van der Waals surface area contributed by atoms with Crippen LogP contribution in [0.15, 0.2) is 4.42 Å². The Bertz CT molecular complexity index is 416. The van der Waals surface area contributed by atoms with Crippen LogP contribution in [0.1, 0.15) is 45.0 Å². The minimum absolute atomic E-state index is 0.0169. The van der Waals surface area contributed by atoms with Crippen LogP contribution in [0.4, 0.5) is 6.01 Å². The SMILES string of the molecule is CCCNC(C)c1nnc(NCC(=O)NC2CC2)o1. The first-order chi connectivity index (χ1) is 9.19. The summed E-state index contributed by atoms with van der Waals surface area (Å²) < 4.78 is 5.44. The molecule has 3 N–H and O–H groups in total. The zero-order chi connectivity index (χ0) is 13.7. The van der Waals surface area contributed by atoms with Gasteiger partial charge >= 0.3 is 6.01 Å². The second-order valence-corrected chi connectivity index (χ2v) is 4.82. The van der Waals surface area contributed by atoms with Gasteiger partial charge in [-0.3, -0.25) is 4.79 Å². The number of carbonyl (C=O) groups is 1. The Labute approximate surface area is 112 Å². The van der Waals surface area contributed by atoms with E-state index in [0.29, 0.717) is 11.9 Å². The fraction of sp³-hybridized carbons (Fsp3) is 0.750. The van der Waals surface area contributed by atoms with Gasteiger partial charge in [-0.2, -0.15) is 0 Å². The van der Waals surface area contributed by atoms with Crippen molar-refractivity contribution >= 4 is 11.9 Å². The van der Waals surface area contributed by atoms with Crippen molar-refractivity contribution < 1.29 is 9.21 Å². The number of amides is 1. The third kappa shape index (κ3) is 4.51. The normalized spacial score (nSPS) is 16.1. The van der Waals surface area contributed by atoms with E-state index in [-0.39, 0.29) is 24.5 Å². The van der Waals surface area contributed by atoms with E-state index in [9.17, 15) is 4.79 Å². The highest BCUT2D eigenvalue weighted by Crippen LogP contribution is 2.18. The molecule has 1 aromatic heterocycles. The molecule has 1 amide bonds. The second kappa shape index (κ2) is 6.51. The second-order valence-electron chi connectivity index (χ2n) is 4.82. The molecule has 1 atom stereocenters. The Morgan fingerprint density at radius 1 is 1.47 bits per heavy atom. The number of nitrogens with zero attached hydrogens (tertiary/aromatic N) is 2. The molecule has 1 aromatic rings. The van der Waals surface area contributed by atoms with Crippen molar-refractivity contribution in [2.45, 2.75) is 45.2 Å². The Morgan fingerprint density at radius 2 is 2.26 bits per heavy atom. The predicted molar refractivity (Wildman–Crippen MR) is 70.7 cm³/mol. The first-order valence-corrected chi connectivity index (χ1v) is 6.79. The summed E-state index contributed by atoms with van der Waals surface area (Å²) in [4.78, 5) is 11.5. The quantitative estimate of drug-likeness (QED) is 0.646. The molecule has 0 spiro atoms. The van der Waals surface area contributed by atoms with Crippen LogP contribution in [0.3, 0.4) is 0 Å². The third-order valence-electron chi connectivity index (χ3n) is 2.85. The topological polar surface area (TPSA) is 92.1 Å². The molecule has 7 nitrogen and oxygen atoms in total. The molecule has 19 heavy (non-hydrogen) atoms. The van der Waals surface area contributed by atoms with E-state index in [4.69, 9.17) is 4.42 Å². The third-order valence-corrected chi connectivity index (χ3v) is 2.85. The summed E-state index contributed by atoms with van der Waals surface area (Å²) in [5.74, 6) is 0.484. The van der Waals surface area contributed by atoms with Crippen LogP contribution in [0, 0.1) is 0 Å². The summed E-state index contributed by atoms with van der Waals surface area (Å²) in [6.07, 6.45) is 3.21. The average molecular weight is 267 g/mol. The van der Waals surface area contributed by atoms with E-state index in [2.05, 4.69) is 33.1 Å². The summed E-state index contributed by atoms with van der Waals surface area (Å²) in [7, 11) is 0. The van der Waals surface area contributed by atoms with Gasteiger partial charge < -0.3 is 20.4 Å². The zero-order valence-electron chi connectivity index (χ0n) is 11.4.